The van der Waals surface area contributed by atoms with Crippen LogP contribution in [0.2, 0.25) is 0 Å². The van der Waals surface area contributed by atoms with Crippen LogP contribution in [0.1, 0.15) is 37.3 Å². The fraction of sp³-hybridized carbons (Fsp3) is 0.571. The van der Waals surface area contributed by atoms with Gasteiger partial charge in [-0.25, -0.2) is 0 Å². The van der Waals surface area contributed by atoms with Crippen LogP contribution in [0.3, 0.4) is 0 Å². The van der Waals surface area contributed by atoms with Crippen LogP contribution in [-0.2, 0) is 5.41 Å². The Morgan fingerprint density at radius 1 is 1.20 bits per heavy atom. The molecule has 1 heteroatoms. The molecule has 0 atom stereocenters. The summed E-state index contributed by atoms with van der Waals surface area (Å²) in [7, 11) is 0. The highest BCUT2D eigenvalue weighted by Gasteiger charge is 2.37. The summed E-state index contributed by atoms with van der Waals surface area (Å²) in [5.41, 5.74) is 3.33. The van der Waals surface area contributed by atoms with E-state index in [2.05, 4.69) is 43.4 Å². The first kappa shape index (κ1) is 10.7. The van der Waals surface area contributed by atoms with Gasteiger partial charge in [0.05, 0.1) is 0 Å². The molecule has 1 N–H and O–H groups in total. The molecule has 2 rings (SSSR count). The molecule has 1 nitrogen and oxygen atoms in total. The highest BCUT2D eigenvalue weighted by atomic mass is 14.9. The van der Waals surface area contributed by atoms with Gasteiger partial charge < -0.3 is 5.32 Å². The highest BCUT2D eigenvalue weighted by molar-refractivity contribution is 5.31. The van der Waals surface area contributed by atoms with Gasteiger partial charge in [-0.2, -0.15) is 0 Å². The molecule has 1 aromatic rings. The van der Waals surface area contributed by atoms with E-state index in [0.717, 1.165) is 13.1 Å². The molecule has 15 heavy (non-hydrogen) atoms. The molecule has 0 unspecified atom stereocenters. The summed E-state index contributed by atoms with van der Waals surface area (Å²) in [5.74, 6) is 0. The van der Waals surface area contributed by atoms with E-state index in [1.807, 2.05) is 0 Å². The Morgan fingerprint density at radius 2 is 1.87 bits per heavy atom. The maximum absolute atomic E-state index is 3.50. The first-order valence-electron chi connectivity index (χ1n) is 6.05. The summed E-state index contributed by atoms with van der Waals surface area (Å²) in [6, 6.07) is 9.10. The minimum absolute atomic E-state index is 0.448. The SMILES string of the molecule is CCNCC1(c2ccc(C)cc2)CCC1. The smallest absolute Gasteiger partial charge is 0.00778 e. The zero-order valence-corrected chi connectivity index (χ0v) is 9.84. The largest absolute Gasteiger partial charge is 0.316 e. The number of aryl methyl sites for hydroxylation is 1. The van der Waals surface area contributed by atoms with Gasteiger partial charge >= 0.3 is 0 Å². The molecular formula is C14H21N. The molecule has 0 bridgehead atoms. The van der Waals surface area contributed by atoms with Crippen LogP contribution in [0.15, 0.2) is 24.3 Å². The second kappa shape index (κ2) is 4.36. The lowest BCUT2D eigenvalue weighted by Crippen LogP contribution is -2.43. The Bertz CT molecular complexity index is 309. The first-order valence-corrected chi connectivity index (χ1v) is 6.05. The minimum atomic E-state index is 0.448. The van der Waals surface area contributed by atoms with Crippen LogP contribution in [0, 0.1) is 6.92 Å². The van der Waals surface area contributed by atoms with Gasteiger partial charge in [0.2, 0.25) is 0 Å². The molecule has 0 spiro atoms. The molecule has 1 saturated carbocycles. The second-order valence-electron chi connectivity index (χ2n) is 4.78. The molecule has 1 aromatic carbocycles. The van der Waals surface area contributed by atoms with Crippen molar-refractivity contribution in [2.75, 3.05) is 13.1 Å². The average Bonchev–Trinajstić information content (AvgIpc) is 2.19. The summed E-state index contributed by atoms with van der Waals surface area (Å²) in [6.07, 6.45) is 4.09. The second-order valence-corrected chi connectivity index (χ2v) is 4.78. The van der Waals surface area contributed by atoms with Crippen molar-refractivity contribution in [3.63, 3.8) is 0 Å². The summed E-state index contributed by atoms with van der Waals surface area (Å²) >= 11 is 0. The summed E-state index contributed by atoms with van der Waals surface area (Å²) in [5, 5.41) is 3.50. The third kappa shape index (κ3) is 2.07. The third-order valence-corrected chi connectivity index (χ3v) is 3.69. The van der Waals surface area contributed by atoms with Crippen LogP contribution in [-0.4, -0.2) is 13.1 Å². The van der Waals surface area contributed by atoms with Gasteiger partial charge in [-0.1, -0.05) is 43.2 Å². The Hall–Kier alpha value is -0.820. The maximum Gasteiger partial charge on any atom is 0.00778 e. The summed E-state index contributed by atoms with van der Waals surface area (Å²) < 4.78 is 0. The summed E-state index contributed by atoms with van der Waals surface area (Å²) in [6.45, 7) is 6.56. The quantitative estimate of drug-likeness (QED) is 0.793. The van der Waals surface area contributed by atoms with E-state index in [0.29, 0.717) is 5.41 Å². The van der Waals surface area contributed by atoms with Crippen molar-refractivity contribution in [2.45, 2.75) is 38.5 Å². The lowest BCUT2D eigenvalue weighted by atomic mass is 9.64. The van der Waals surface area contributed by atoms with Gasteiger partial charge in [-0.05, 0) is 31.9 Å². The van der Waals surface area contributed by atoms with Crippen LogP contribution in [0.25, 0.3) is 0 Å². The molecular weight excluding hydrogens is 182 g/mol. The van der Waals surface area contributed by atoms with Gasteiger partial charge in [-0.15, -0.1) is 0 Å². The van der Waals surface area contributed by atoms with E-state index in [1.54, 1.807) is 0 Å². The molecule has 0 heterocycles. The molecule has 1 fully saturated rings. The standard InChI is InChI=1S/C14H21N/c1-3-15-11-14(9-4-10-14)13-7-5-12(2)6-8-13/h5-8,15H,3-4,9-11H2,1-2H3. The molecule has 82 valence electrons. The van der Waals surface area contributed by atoms with Gasteiger partial charge in [0.25, 0.3) is 0 Å². The number of hydrogen-bond acceptors (Lipinski definition) is 1. The number of likely N-dealkylation sites (N-methyl/N-ethyl adjacent to an activating group) is 1. The number of rotatable bonds is 4. The molecule has 0 aromatic heterocycles. The normalized spacial score (nSPS) is 18.5. The van der Waals surface area contributed by atoms with Crippen molar-refractivity contribution in [3.05, 3.63) is 35.4 Å². The Morgan fingerprint density at radius 3 is 2.33 bits per heavy atom. The van der Waals surface area contributed by atoms with Crippen molar-refractivity contribution in [3.8, 4) is 0 Å². The number of nitrogens with one attached hydrogen (secondary N) is 1. The van der Waals surface area contributed by atoms with Crippen LogP contribution >= 0.6 is 0 Å². The van der Waals surface area contributed by atoms with Crippen LogP contribution < -0.4 is 5.32 Å². The van der Waals surface area contributed by atoms with Gasteiger partial charge in [-0.3, -0.25) is 0 Å². The minimum Gasteiger partial charge on any atom is -0.316 e. The van der Waals surface area contributed by atoms with E-state index >= 15 is 0 Å². The van der Waals surface area contributed by atoms with Gasteiger partial charge in [0.1, 0.15) is 0 Å². The highest BCUT2D eigenvalue weighted by Crippen LogP contribution is 2.43. The fourth-order valence-electron chi connectivity index (χ4n) is 2.44. The molecule has 1 aliphatic carbocycles. The van der Waals surface area contributed by atoms with E-state index < -0.39 is 0 Å². The van der Waals surface area contributed by atoms with E-state index in [-0.39, 0.29) is 0 Å². The molecule has 1 aliphatic rings. The fourth-order valence-corrected chi connectivity index (χ4v) is 2.44. The van der Waals surface area contributed by atoms with Crippen molar-refractivity contribution in [2.24, 2.45) is 0 Å². The number of benzene rings is 1. The summed E-state index contributed by atoms with van der Waals surface area (Å²) in [4.78, 5) is 0. The molecule has 0 aliphatic heterocycles. The maximum atomic E-state index is 3.50. The van der Waals surface area contributed by atoms with Gasteiger partial charge in [0, 0.05) is 12.0 Å². The third-order valence-electron chi connectivity index (χ3n) is 3.69. The topological polar surface area (TPSA) is 12.0 Å². The molecule has 0 radical (unpaired) electrons. The van der Waals surface area contributed by atoms with Crippen LogP contribution in [0.4, 0.5) is 0 Å². The van der Waals surface area contributed by atoms with E-state index in [1.165, 1.54) is 30.4 Å². The zero-order valence-electron chi connectivity index (χ0n) is 9.84. The molecule has 0 saturated heterocycles. The van der Waals surface area contributed by atoms with Gasteiger partial charge in [0.15, 0.2) is 0 Å². The lowest BCUT2D eigenvalue weighted by Gasteiger charge is -2.42. The predicted octanol–water partition coefficient (Wildman–Crippen LogP) is 3.03. The van der Waals surface area contributed by atoms with Crippen molar-refractivity contribution in [1.82, 2.24) is 5.32 Å². The predicted molar refractivity (Wildman–Crippen MR) is 65.3 cm³/mol. The van der Waals surface area contributed by atoms with E-state index in [9.17, 15) is 0 Å². The average molecular weight is 203 g/mol. The van der Waals surface area contributed by atoms with Crippen molar-refractivity contribution < 1.29 is 0 Å². The number of hydrogen-bond donors (Lipinski definition) is 1. The molecule has 0 amide bonds. The van der Waals surface area contributed by atoms with Crippen molar-refractivity contribution >= 4 is 0 Å². The zero-order chi connectivity index (χ0) is 10.7. The monoisotopic (exact) mass is 203 g/mol. The Labute approximate surface area is 92.9 Å². The van der Waals surface area contributed by atoms with E-state index in [4.69, 9.17) is 0 Å². The Kier molecular flexibility index (Phi) is 3.11. The van der Waals surface area contributed by atoms with Crippen LogP contribution in [0.5, 0.6) is 0 Å². The van der Waals surface area contributed by atoms with Crippen molar-refractivity contribution in [1.29, 1.82) is 0 Å². The first-order chi connectivity index (χ1) is 7.27. The lowest BCUT2D eigenvalue weighted by molar-refractivity contribution is 0.235. The Balaban J connectivity index is 2.14.